The maximum atomic E-state index is 13.4. The minimum absolute atomic E-state index is 0.248. The predicted molar refractivity (Wildman–Crippen MR) is 369 cm³/mol. The van der Waals surface area contributed by atoms with E-state index in [9.17, 15) is 45.6 Å². The highest BCUT2D eigenvalue weighted by atomic mass is 16.7. The fraction of sp³-hybridized carbons (Fsp3) is 0.882. The largest absolute Gasteiger partial charge is 0.394 e. The summed E-state index contributed by atoms with van der Waals surface area (Å²) < 4.78 is 22.9. The van der Waals surface area contributed by atoms with Gasteiger partial charge in [-0.15, -0.1) is 0 Å². The van der Waals surface area contributed by atoms with E-state index in [4.69, 9.17) is 18.9 Å². The van der Waals surface area contributed by atoms with Crippen molar-refractivity contribution >= 4 is 5.91 Å². The first-order valence-electron chi connectivity index (χ1n) is 37.9. The summed E-state index contributed by atoms with van der Waals surface area (Å²) in [6.07, 6.45) is 63.3. The summed E-state index contributed by atoms with van der Waals surface area (Å²) in [5.41, 5.74) is 0. The number of ether oxygens (including phenoxy) is 4. The molecular weight excluding hydrogens is 1130 g/mol. The third kappa shape index (κ3) is 43.8. The lowest BCUT2D eigenvalue weighted by Gasteiger charge is -2.46. The van der Waals surface area contributed by atoms with Gasteiger partial charge in [0, 0.05) is 6.42 Å². The van der Waals surface area contributed by atoms with Crippen LogP contribution < -0.4 is 5.32 Å². The van der Waals surface area contributed by atoms with Crippen LogP contribution in [-0.4, -0.2) is 140 Å². The predicted octanol–water partition coefficient (Wildman–Crippen LogP) is 16.2. The number of carbonyl (C=O) groups excluding carboxylic acids is 1. The third-order valence-corrected chi connectivity index (χ3v) is 18.5. The Kier molecular flexibility index (Phi) is 56.6. The molecule has 2 fully saturated rings. The Morgan fingerprint density at radius 1 is 0.389 bits per heavy atom. The zero-order valence-corrected chi connectivity index (χ0v) is 57.6. The Bertz CT molecular complexity index is 1690. The standard InChI is InChI=1S/C76H141NO13/c1-3-5-7-9-11-13-15-17-19-21-23-25-27-29-31-32-34-36-38-40-42-44-46-48-50-52-54-56-58-60-68(81)77-64(63-87-75-73(86)71(84)74(67(62-79)89-75)90-76-72(85)70(83)69(82)66(61-78)88-76)65(80)59-57-55-53-51-49-47-45-43-41-39-37-35-33-30-28-26-24-22-20-18-16-14-12-10-8-6-4-2/h21,23,41,43,49,51,57,59,64-67,69-76,78-80,82-86H,3-20,22,24-40,42,44-48,50,52-56,58,60-63H2,1-2H3,(H,77,81)/b23-21-,43-41+,51-49+,59-57+. The zero-order chi connectivity index (χ0) is 65.2. The molecule has 14 heteroatoms. The van der Waals surface area contributed by atoms with Gasteiger partial charge in [-0.05, 0) is 70.6 Å². The van der Waals surface area contributed by atoms with Crippen LogP contribution in [0.2, 0.25) is 0 Å². The molecular formula is C76H141NO13. The summed E-state index contributed by atoms with van der Waals surface area (Å²) in [5.74, 6) is -0.248. The van der Waals surface area contributed by atoms with Gasteiger partial charge < -0.3 is 65.1 Å². The molecule has 2 heterocycles. The maximum absolute atomic E-state index is 13.4. The SMILES string of the molecule is CCCCCCCCCC/C=C\CCCCCCCCCCCCCCCCCCCC(=O)NC(COC1OC(CO)C(OC2OC(CO)C(O)C(O)C2O)C(O)C1O)C(O)/C=C/CC/C=C/CC/C=C/CCCCCCCCCCCCCCCCCCC. The van der Waals surface area contributed by atoms with E-state index in [0.29, 0.717) is 12.8 Å². The quantitative estimate of drug-likeness (QED) is 0.0204. The number of aliphatic hydroxyl groups is 8. The van der Waals surface area contributed by atoms with Gasteiger partial charge in [0.2, 0.25) is 5.91 Å². The minimum atomic E-state index is -1.79. The highest BCUT2D eigenvalue weighted by Crippen LogP contribution is 2.30. The van der Waals surface area contributed by atoms with Crippen LogP contribution in [0.25, 0.3) is 0 Å². The smallest absolute Gasteiger partial charge is 0.220 e. The second-order valence-electron chi connectivity index (χ2n) is 26.8. The lowest BCUT2D eigenvalue weighted by atomic mass is 9.97. The van der Waals surface area contributed by atoms with E-state index in [-0.39, 0.29) is 18.9 Å². The van der Waals surface area contributed by atoms with Crippen molar-refractivity contribution in [2.75, 3.05) is 19.8 Å². The van der Waals surface area contributed by atoms with Gasteiger partial charge in [0.15, 0.2) is 12.6 Å². The van der Waals surface area contributed by atoms with E-state index >= 15 is 0 Å². The van der Waals surface area contributed by atoms with Crippen molar-refractivity contribution in [2.24, 2.45) is 0 Å². The molecule has 2 aliphatic rings. The first-order chi connectivity index (χ1) is 44.1. The number of unbranched alkanes of at least 4 members (excludes halogenated alkanes) is 44. The summed E-state index contributed by atoms with van der Waals surface area (Å²) in [7, 11) is 0. The van der Waals surface area contributed by atoms with Crippen LogP contribution in [0.1, 0.15) is 335 Å². The molecule has 0 spiro atoms. The number of allylic oxidation sites excluding steroid dienone is 7. The molecule has 1 amide bonds. The number of hydrogen-bond acceptors (Lipinski definition) is 13. The Hall–Kier alpha value is -2.05. The summed E-state index contributed by atoms with van der Waals surface area (Å²) in [4.78, 5) is 13.4. The number of carbonyl (C=O) groups is 1. The normalized spacial score (nSPS) is 23.1. The molecule has 0 saturated carbocycles. The fourth-order valence-electron chi connectivity index (χ4n) is 12.4. The molecule has 528 valence electrons. The first kappa shape index (κ1) is 84.0. The van der Waals surface area contributed by atoms with Crippen molar-refractivity contribution in [1.82, 2.24) is 5.32 Å². The highest BCUT2D eigenvalue weighted by molar-refractivity contribution is 5.76. The number of aliphatic hydroxyl groups excluding tert-OH is 8. The molecule has 9 N–H and O–H groups in total. The molecule has 2 aliphatic heterocycles. The van der Waals surface area contributed by atoms with E-state index in [1.54, 1.807) is 6.08 Å². The van der Waals surface area contributed by atoms with Crippen molar-refractivity contribution in [3.8, 4) is 0 Å². The molecule has 90 heavy (non-hydrogen) atoms. The van der Waals surface area contributed by atoms with Gasteiger partial charge >= 0.3 is 0 Å². The van der Waals surface area contributed by atoms with Gasteiger partial charge in [-0.2, -0.15) is 0 Å². The Labute approximate surface area is 550 Å². The molecule has 0 aromatic carbocycles. The molecule has 0 radical (unpaired) electrons. The van der Waals surface area contributed by atoms with Crippen LogP contribution in [0, 0.1) is 0 Å². The molecule has 2 saturated heterocycles. The Balaban J connectivity index is 1.67. The Morgan fingerprint density at radius 3 is 1.09 bits per heavy atom. The van der Waals surface area contributed by atoms with E-state index in [1.807, 2.05) is 6.08 Å². The van der Waals surface area contributed by atoms with Crippen LogP contribution >= 0.6 is 0 Å². The van der Waals surface area contributed by atoms with Crippen LogP contribution in [0.15, 0.2) is 48.6 Å². The molecule has 12 atom stereocenters. The average Bonchev–Trinajstić information content (AvgIpc) is 1.26. The molecule has 14 nitrogen and oxygen atoms in total. The maximum Gasteiger partial charge on any atom is 0.220 e. The van der Waals surface area contributed by atoms with Gasteiger partial charge in [-0.3, -0.25) is 4.79 Å². The molecule has 0 bridgehead atoms. The fourth-order valence-corrected chi connectivity index (χ4v) is 12.4. The van der Waals surface area contributed by atoms with Crippen molar-refractivity contribution in [2.45, 2.75) is 408 Å². The number of nitrogens with one attached hydrogen (secondary N) is 1. The van der Waals surface area contributed by atoms with Crippen molar-refractivity contribution in [3.63, 3.8) is 0 Å². The van der Waals surface area contributed by atoms with Gasteiger partial charge in [-0.25, -0.2) is 0 Å². The van der Waals surface area contributed by atoms with Crippen molar-refractivity contribution in [1.29, 1.82) is 0 Å². The van der Waals surface area contributed by atoms with Gasteiger partial charge in [0.1, 0.15) is 48.8 Å². The summed E-state index contributed by atoms with van der Waals surface area (Å²) >= 11 is 0. The Morgan fingerprint density at radius 2 is 0.711 bits per heavy atom. The second-order valence-corrected chi connectivity index (χ2v) is 26.8. The zero-order valence-electron chi connectivity index (χ0n) is 57.6. The number of hydrogen-bond donors (Lipinski definition) is 9. The summed E-state index contributed by atoms with van der Waals surface area (Å²) in [6, 6.07) is -0.939. The van der Waals surface area contributed by atoms with E-state index < -0.39 is 86.8 Å². The highest BCUT2D eigenvalue weighted by Gasteiger charge is 2.51. The van der Waals surface area contributed by atoms with Gasteiger partial charge in [0.25, 0.3) is 0 Å². The molecule has 12 unspecified atom stereocenters. The molecule has 0 aliphatic carbocycles. The third-order valence-electron chi connectivity index (χ3n) is 18.5. The van der Waals surface area contributed by atoms with Crippen LogP contribution in [0.4, 0.5) is 0 Å². The van der Waals surface area contributed by atoms with E-state index in [2.05, 4.69) is 55.6 Å². The average molecular weight is 1280 g/mol. The molecule has 0 aromatic rings. The number of rotatable bonds is 63. The topological polar surface area (TPSA) is 228 Å². The van der Waals surface area contributed by atoms with E-state index in [1.165, 1.54) is 257 Å². The van der Waals surface area contributed by atoms with Gasteiger partial charge in [0.05, 0.1) is 32.0 Å². The monoisotopic (exact) mass is 1280 g/mol. The van der Waals surface area contributed by atoms with Crippen molar-refractivity contribution in [3.05, 3.63) is 48.6 Å². The van der Waals surface area contributed by atoms with Crippen LogP contribution in [0.3, 0.4) is 0 Å². The summed E-state index contributed by atoms with van der Waals surface area (Å²) in [5, 5.41) is 87.5. The van der Waals surface area contributed by atoms with Gasteiger partial charge in [-0.1, -0.05) is 306 Å². The summed E-state index contributed by atoms with van der Waals surface area (Å²) in [6.45, 7) is 2.83. The van der Waals surface area contributed by atoms with Crippen molar-refractivity contribution < 1.29 is 64.6 Å². The number of amides is 1. The lowest BCUT2D eigenvalue weighted by Crippen LogP contribution is -2.65. The second kappa shape index (κ2) is 60.6. The van der Waals surface area contributed by atoms with Crippen LogP contribution in [0.5, 0.6) is 0 Å². The van der Waals surface area contributed by atoms with Crippen LogP contribution in [-0.2, 0) is 23.7 Å². The molecule has 0 aromatic heterocycles. The first-order valence-corrected chi connectivity index (χ1v) is 37.9. The van der Waals surface area contributed by atoms with E-state index in [0.717, 1.165) is 44.9 Å². The minimum Gasteiger partial charge on any atom is -0.394 e. The molecule has 2 rings (SSSR count). The lowest BCUT2D eigenvalue weighted by molar-refractivity contribution is -0.359.